The van der Waals surface area contributed by atoms with Crippen LogP contribution in [0, 0.1) is 0 Å². The fourth-order valence-electron chi connectivity index (χ4n) is 2.06. The number of pyridine rings is 1. The lowest BCUT2D eigenvalue weighted by Crippen LogP contribution is -1.87. The highest BCUT2D eigenvalue weighted by Crippen LogP contribution is 2.24. The van der Waals surface area contributed by atoms with Gasteiger partial charge < -0.3 is 4.52 Å². The van der Waals surface area contributed by atoms with Crippen molar-refractivity contribution in [3.8, 4) is 22.8 Å². The highest BCUT2D eigenvalue weighted by atomic mass is 16.5. The summed E-state index contributed by atoms with van der Waals surface area (Å²) in [6.45, 7) is 0. The minimum absolute atomic E-state index is 0.433. The molecule has 3 aromatic heterocycles. The van der Waals surface area contributed by atoms with Gasteiger partial charge in [0.05, 0.1) is 5.56 Å². The van der Waals surface area contributed by atoms with Crippen LogP contribution in [0.4, 0.5) is 0 Å². The molecule has 0 atom stereocenters. The summed E-state index contributed by atoms with van der Waals surface area (Å²) in [7, 11) is 0. The lowest BCUT2D eigenvalue weighted by atomic mass is 10.2. The van der Waals surface area contributed by atoms with Crippen LogP contribution >= 0.6 is 0 Å². The van der Waals surface area contributed by atoms with E-state index in [4.69, 9.17) is 4.52 Å². The summed E-state index contributed by atoms with van der Waals surface area (Å²) in [5.41, 5.74) is 2.37. The molecule has 0 fully saturated rings. The van der Waals surface area contributed by atoms with Gasteiger partial charge in [0.15, 0.2) is 5.65 Å². The Balaban J connectivity index is 1.84. The fraction of sp³-hybridized carbons (Fsp3) is 0. The van der Waals surface area contributed by atoms with Crippen LogP contribution in [0.5, 0.6) is 0 Å². The van der Waals surface area contributed by atoms with Gasteiger partial charge in [-0.05, 0) is 12.1 Å². The summed E-state index contributed by atoms with van der Waals surface area (Å²) >= 11 is 0. The zero-order valence-electron chi connectivity index (χ0n) is 10.3. The van der Waals surface area contributed by atoms with Crippen molar-refractivity contribution in [3.05, 3.63) is 55.0 Å². The predicted octanol–water partition coefficient (Wildman–Crippen LogP) is 2.45. The zero-order valence-corrected chi connectivity index (χ0v) is 10.3. The van der Waals surface area contributed by atoms with E-state index in [1.54, 1.807) is 6.33 Å². The highest BCUT2D eigenvalue weighted by molar-refractivity contribution is 5.72. The largest absolute Gasteiger partial charge is 0.333 e. The van der Waals surface area contributed by atoms with Crippen LogP contribution in [-0.4, -0.2) is 24.7 Å². The molecule has 0 radical (unpaired) electrons. The quantitative estimate of drug-likeness (QED) is 0.555. The van der Waals surface area contributed by atoms with Crippen LogP contribution in [0.1, 0.15) is 0 Å². The van der Waals surface area contributed by atoms with Gasteiger partial charge in [0.1, 0.15) is 6.33 Å². The molecule has 0 aliphatic heterocycles. The van der Waals surface area contributed by atoms with E-state index in [2.05, 4.69) is 20.3 Å². The van der Waals surface area contributed by atoms with Crippen LogP contribution in [0.25, 0.3) is 28.5 Å². The van der Waals surface area contributed by atoms with Crippen molar-refractivity contribution >= 4 is 5.65 Å². The lowest BCUT2D eigenvalue weighted by Gasteiger charge is -1.96. The fourth-order valence-corrected chi connectivity index (χ4v) is 2.06. The first kappa shape index (κ1) is 10.9. The SMILES string of the molecule is c1ccc(-c2noc(-c3cccn4cnnc34)n2)cc1. The molecule has 4 aromatic rings. The van der Waals surface area contributed by atoms with E-state index in [1.807, 2.05) is 53.1 Å². The topological polar surface area (TPSA) is 69.1 Å². The molecule has 3 heterocycles. The molecular weight excluding hydrogens is 254 g/mol. The molecule has 0 aliphatic carbocycles. The standard InChI is InChI=1S/C14H9N5O/c1-2-5-10(6-3-1)12-16-14(20-18-12)11-7-4-8-19-9-15-17-13(11)19/h1-9H. The van der Waals surface area contributed by atoms with Gasteiger partial charge in [-0.3, -0.25) is 4.40 Å². The molecule has 6 nitrogen and oxygen atoms in total. The van der Waals surface area contributed by atoms with Crippen molar-refractivity contribution < 1.29 is 4.52 Å². The van der Waals surface area contributed by atoms with Gasteiger partial charge in [0, 0.05) is 11.8 Å². The first-order chi connectivity index (χ1) is 9.92. The third kappa shape index (κ3) is 1.66. The van der Waals surface area contributed by atoms with Crippen molar-refractivity contribution in [2.24, 2.45) is 0 Å². The van der Waals surface area contributed by atoms with Crippen molar-refractivity contribution in [2.75, 3.05) is 0 Å². The van der Waals surface area contributed by atoms with Crippen LogP contribution < -0.4 is 0 Å². The van der Waals surface area contributed by atoms with Crippen LogP contribution in [-0.2, 0) is 0 Å². The Kier molecular flexibility index (Phi) is 2.32. The van der Waals surface area contributed by atoms with Crippen molar-refractivity contribution in [1.29, 1.82) is 0 Å². The first-order valence-electron chi connectivity index (χ1n) is 6.10. The second-order valence-electron chi connectivity index (χ2n) is 4.27. The maximum Gasteiger partial charge on any atom is 0.262 e. The molecule has 0 bridgehead atoms. The van der Waals surface area contributed by atoms with E-state index in [9.17, 15) is 0 Å². The zero-order chi connectivity index (χ0) is 13.4. The second kappa shape index (κ2) is 4.27. The Labute approximate surface area is 113 Å². The maximum absolute atomic E-state index is 5.34. The minimum Gasteiger partial charge on any atom is -0.333 e. The number of hydrogen-bond acceptors (Lipinski definition) is 5. The molecule has 20 heavy (non-hydrogen) atoms. The van der Waals surface area contributed by atoms with Crippen molar-refractivity contribution in [2.45, 2.75) is 0 Å². The number of nitrogens with zero attached hydrogens (tertiary/aromatic N) is 5. The highest BCUT2D eigenvalue weighted by Gasteiger charge is 2.14. The summed E-state index contributed by atoms with van der Waals surface area (Å²) in [6, 6.07) is 13.5. The Hall–Kier alpha value is -3.02. The second-order valence-corrected chi connectivity index (χ2v) is 4.27. The summed E-state index contributed by atoms with van der Waals surface area (Å²) in [5.74, 6) is 0.990. The average molecular weight is 263 g/mol. The first-order valence-corrected chi connectivity index (χ1v) is 6.10. The van der Waals surface area contributed by atoms with Gasteiger partial charge in [-0.2, -0.15) is 4.98 Å². The summed E-state index contributed by atoms with van der Waals surface area (Å²) < 4.78 is 7.15. The normalized spacial score (nSPS) is 11.0. The molecule has 0 aliphatic rings. The van der Waals surface area contributed by atoms with Gasteiger partial charge in [-0.15, -0.1) is 10.2 Å². The van der Waals surface area contributed by atoms with Gasteiger partial charge in [-0.1, -0.05) is 35.5 Å². The number of rotatable bonds is 2. The van der Waals surface area contributed by atoms with Gasteiger partial charge in [0.2, 0.25) is 5.82 Å². The molecule has 4 rings (SSSR count). The maximum atomic E-state index is 5.34. The number of fused-ring (bicyclic) bond motifs is 1. The third-order valence-corrected chi connectivity index (χ3v) is 3.01. The van der Waals surface area contributed by atoms with Crippen molar-refractivity contribution in [1.82, 2.24) is 24.7 Å². The molecule has 0 amide bonds. The van der Waals surface area contributed by atoms with Gasteiger partial charge in [-0.25, -0.2) is 0 Å². The molecule has 0 N–H and O–H groups in total. The van der Waals surface area contributed by atoms with E-state index in [0.717, 1.165) is 11.1 Å². The minimum atomic E-state index is 0.433. The Morgan fingerprint density at radius 3 is 2.80 bits per heavy atom. The Morgan fingerprint density at radius 1 is 1.00 bits per heavy atom. The molecule has 0 saturated heterocycles. The molecule has 1 aromatic carbocycles. The number of aromatic nitrogens is 5. The number of benzene rings is 1. The van der Waals surface area contributed by atoms with Crippen LogP contribution in [0.2, 0.25) is 0 Å². The summed E-state index contributed by atoms with van der Waals surface area (Å²) in [6.07, 6.45) is 3.50. The molecule has 0 unspecified atom stereocenters. The monoisotopic (exact) mass is 263 g/mol. The number of hydrogen-bond donors (Lipinski definition) is 0. The smallest absolute Gasteiger partial charge is 0.262 e. The van der Waals surface area contributed by atoms with Gasteiger partial charge in [0.25, 0.3) is 5.89 Å². The third-order valence-electron chi connectivity index (χ3n) is 3.01. The predicted molar refractivity (Wildman–Crippen MR) is 71.7 cm³/mol. The van der Waals surface area contributed by atoms with Gasteiger partial charge >= 0.3 is 0 Å². The van der Waals surface area contributed by atoms with E-state index in [-0.39, 0.29) is 0 Å². The Bertz CT molecular complexity index is 865. The Morgan fingerprint density at radius 2 is 1.90 bits per heavy atom. The van der Waals surface area contributed by atoms with Crippen molar-refractivity contribution in [3.63, 3.8) is 0 Å². The lowest BCUT2D eigenvalue weighted by molar-refractivity contribution is 0.432. The summed E-state index contributed by atoms with van der Waals surface area (Å²) in [4.78, 5) is 4.42. The van der Waals surface area contributed by atoms with Crippen LogP contribution in [0.3, 0.4) is 0 Å². The van der Waals surface area contributed by atoms with E-state index in [1.165, 1.54) is 0 Å². The van der Waals surface area contributed by atoms with E-state index < -0.39 is 0 Å². The summed E-state index contributed by atoms with van der Waals surface area (Å²) in [5, 5.41) is 11.9. The average Bonchev–Trinajstić information content (AvgIpc) is 3.17. The van der Waals surface area contributed by atoms with Crippen LogP contribution in [0.15, 0.2) is 59.5 Å². The molecule has 96 valence electrons. The molecule has 6 heteroatoms. The molecular formula is C14H9N5O. The van der Waals surface area contributed by atoms with E-state index in [0.29, 0.717) is 17.4 Å². The molecule has 0 saturated carbocycles. The molecule has 0 spiro atoms. The van der Waals surface area contributed by atoms with E-state index >= 15 is 0 Å².